The molecule has 7 heteroatoms. The van der Waals surface area contributed by atoms with Crippen molar-refractivity contribution in [3.63, 3.8) is 0 Å². The minimum atomic E-state index is -0.360. The quantitative estimate of drug-likeness (QED) is 0.306. The maximum Gasteiger partial charge on any atom is 0.277 e. The van der Waals surface area contributed by atoms with Crippen LogP contribution in [0.15, 0.2) is 41.5 Å². The number of phenolic OH excluding ortho intramolecular Hbond substituents is 1. The van der Waals surface area contributed by atoms with Crippen LogP contribution >= 0.6 is 22.6 Å². The van der Waals surface area contributed by atoms with E-state index in [0.29, 0.717) is 33.2 Å². The Morgan fingerprint density at radius 3 is 2.61 bits per heavy atom. The van der Waals surface area contributed by atoms with E-state index in [-0.39, 0.29) is 18.3 Å². The first kappa shape index (κ1) is 22.0. The predicted molar refractivity (Wildman–Crippen MR) is 118 cm³/mol. The van der Waals surface area contributed by atoms with Gasteiger partial charge in [0.2, 0.25) is 0 Å². The molecule has 2 aromatic carbocycles. The number of benzene rings is 2. The number of hydrogen-bond donors (Lipinski definition) is 2. The molecule has 0 aliphatic heterocycles. The van der Waals surface area contributed by atoms with E-state index >= 15 is 0 Å². The topological polar surface area (TPSA) is 80.2 Å². The van der Waals surface area contributed by atoms with Gasteiger partial charge in [-0.05, 0) is 77.2 Å². The Morgan fingerprint density at radius 2 is 1.96 bits per heavy atom. The van der Waals surface area contributed by atoms with Crippen LogP contribution in [0.5, 0.6) is 17.2 Å². The van der Waals surface area contributed by atoms with E-state index in [9.17, 15) is 9.90 Å². The fourth-order valence-corrected chi connectivity index (χ4v) is 3.05. The van der Waals surface area contributed by atoms with Crippen LogP contribution in [0.1, 0.15) is 44.2 Å². The lowest BCUT2D eigenvalue weighted by atomic mass is 9.99. The van der Waals surface area contributed by atoms with E-state index in [1.807, 2.05) is 53.8 Å². The van der Waals surface area contributed by atoms with E-state index in [1.54, 1.807) is 12.1 Å². The first-order chi connectivity index (χ1) is 13.4. The van der Waals surface area contributed by atoms with Crippen LogP contribution in [-0.4, -0.2) is 30.4 Å². The van der Waals surface area contributed by atoms with E-state index < -0.39 is 0 Å². The average molecular weight is 496 g/mol. The highest BCUT2D eigenvalue weighted by Gasteiger charge is 2.08. The summed E-state index contributed by atoms with van der Waals surface area (Å²) in [6, 6.07) is 11.2. The minimum Gasteiger partial charge on any atom is -0.504 e. The largest absolute Gasteiger partial charge is 0.504 e. The van der Waals surface area contributed by atoms with Crippen LogP contribution < -0.4 is 14.9 Å². The summed E-state index contributed by atoms with van der Waals surface area (Å²) in [7, 11) is 0. The van der Waals surface area contributed by atoms with Crippen LogP contribution in [-0.2, 0) is 4.79 Å². The van der Waals surface area contributed by atoms with Crippen molar-refractivity contribution in [3.8, 4) is 17.2 Å². The molecule has 0 radical (unpaired) electrons. The number of aromatic hydroxyl groups is 1. The summed E-state index contributed by atoms with van der Waals surface area (Å²) in [5.74, 6) is 1.25. The van der Waals surface area contributed by atoms with Crippen molar-refractivity contribution in [2.45, 2.75) is 33.1 Å². The number of amides is 1. The number of carbonyl (C=O) groups is 1. The van der Waals surface area contributed by atoms with Gasteiger partial charge in [0.1, 0.15) is 5.75 Å². The van der Waals surface area contributed by atoms with Gasteiger partial charge >= 0.3 is 0 Å². The van der Waals surface area contributed by atoms with Gasteiger partial charge in [0.05, 0.1) is 16.4 Å². The molecule has 28 heavy (non-hydrogen) atoms. The van der Waals surface area contributed by atoms with Gasteiger partial charge in [-0.3, -0.25) is 4.79 Å². The van der Waals surface area contributed by atoms with Crippen molar-refractivity contribution in [1.29, 1.82) is 0 Å². The van der Waals surface area contributed by atoms with Crippen molar-refractivity contribution < 1.29 is 19.4 Å². The van der Waals surface area contributed by atoms with Crippen molar-refractivity contribution in [2.75, 3.05) is 13.2 Å². The third kappa shape index (κ3) is 6.40. The summed E-state index contributed by atoms with van der Waals surface area (Å²) in [5, 5.41) is 13.9. The summed E-state index contributed by atoms with van der Waals surface area (Å²) in [4.78, 5) is 11.9. The van der Waals surface area contributed by atoms with E-state index in [2.05, 4.69) is 24.4 Å². The molecule has 0 aromatic heterocycles. The molecular formula is C21H25IN2O4. The van der Waals surface area contributed by atoms with Crippen LogP contribution in [0, 0.1) is 3.57 Å². The second kappa shape index (κ2) is 10.9. The van der Waals surface area contributed by atoms with E-state index in [1.165, 1.54) is 11.8 Å². The van der Waals surface area contributed by atoms with Crippen LogP contribution in [0.2, 0.25) is 0 Å². The highest BCUT2D eigenvalue weighted by Crippen LogP contribution is 2.32. The summed E-state index contributed by atoms with van der Waals surface area (Å²) in [5.41, 5.74) is 4.38. The Kier molecular flexibility index (Phi) is 8.56. The number of carbonyl (C=O) groups excluding carboxylic acids is 1. The number of rotatable bonds is 9. The smallest absolute Gasteiger partial charge is 0.277 e. The molecule has 1 atom stereocenters. The van der Waals surface area contributed by atoms with E-state index in [4.69, 9.17) is 9.47 Å². The lowest BCUT2D eigenvalue weighted by molar-refractivity contribution is -0.123. The zero-order valence-corrected chi connectivity index (χ0v) is 18.4. The molecule has 2 rings (SSSR count). The van der Waals surface area contributed by atoms with Crippen molar-refractivity contribution in [2.24, 2.45) is 5.10 Å². The molecule has 0 saturated carbocycles. The SMILES string of the molecule is CCOc1cc(/C=N/NC(=O)COc2ccc([C@H](C)CC)cc2)cc(I)c1O. The minimum absolute atomic E-state index is 0.0939. The molecule has 0 heterocycles. The first-order valence-corrected chi connectivity index (χ1v) is 10.2. The molecule has 1 amide bonds. The zero-order chi connectivity index (χ0) is 20.5. The highest BCUT2D eigenvalue weighted by molar-refractivity contribution is 14.1. The second-order valence-electron chi connectivity index (χ2n) is 6.24. The summed E-state index contributed by atoms with van der Waals surface area (Å²) in [6.07, 6.45) is 2.57. The van der Waals surface area contributed by atoms with Gasteiger partial charge in [-0.2, -0.15) is 5.10 Å². The monoisotopic (exact) mass is 496 g/mol. The van der Waals surface area contributed by atoms with Gasteiger partial charge in [-0.1, -0.05) is 26.0 Å². The van der Waals surface area contributed by atoms with Crippen molar-refractivity contribution in [1.82, 2.24) is 5.43 Å². The Hall–Kier alpha value is -2.29. The molecular weight excluding hydrogens is 471 g/mol. The molecule has 0 aliphatic rings. The molecule has 0 saturated heterocycles. The number of nitrogens with one attached hydrogen (secondary N) is 1. The van der Waals surface area contributed by atoms with E-state index in [0.717, 1.165) is 6.42 Å². The fourth-order valence-electron chi connectivity index (χ4n) is 2.42. The summed E-state index contributed by atoms with van der Waals surface area (Å²) < 4.78 is 11.5. The predicted octanol–water partition coefficient (Wildman–Crippen LogP) is 4.44. The molecule has 0 spiro atoms. The Labute approximate surface area is 179 Å². The molecule has 150 valence electrons. The van der Waals surface area contributed by atoms with Crippen LogP contribution in [0.25, 0.3) is 0 Å². The third-order valence-electron chi connectivity index (χ3n) is 4.18. The van der Waals surface area contributed by atoms with Gasteiger partial charge in [0.25, 0.3) is 5.91 Å². The van der Waals surface area contributed by atoms with Crippen molar-refractivity contribution >= 4 is 34.7 Å². The number of nitrogens with zero attached hydrogens (tertiary/aromatic N) is 1. The molecule has 0 unspecified atom stereocenters. The molecule has 0 aliphatic carbocycles. The molecule has 0 fully saturated rings. The molecule has 6 nitrogen and oxygen atoms in total. The number of halogens is 1. The van der Waals surface area contributed by atoms with Gasteiger partial charge in [0, 0.05) is 0 Å². The summed E-state index contributed by atoms with van der Waals surface area (Å²) >= 11 is 2.01. The Bertz CT molecular complexity index is 822. The standard InChI is InChI=1S/C21H25IN2O4/c1-4-14(3)16-6-8-17(9-7-16)28-13-20(25)24-23-12-15-10-18(22)21(26)19(11-15)27-5-2/h6-12,14,26H,4-5,13H2,1-3H3,(H,24,25)/b23-12+/t14-/m1/s1. The normalized spacial score (nSPS) is 12.0. The van der Waals surface area contributed by atoms with Crippen LogP contribution in [0.4, 0.5) is 0 Å². The highest BCUT2D eigenvalue weighted by atomic mass is 127. The van der Waals surface area contributed by atoms with Gasteiger partial charge in [-0.25, -0.2) is 5.43 Å². The third-order valence-corrected chi connectivity index (χ3v) is 5.01. The number of ether oxygens (including phenoxy) is 2. The average Bonchev–Trinajstić information content (AvgIpc) is 2.70. The number of hydrogen-bond acceptors (Lipinski definition) is 5. The van der Waals surface area contributed by atoms with Gasteiger partial charge < -0.3 is 14.6 Å². The van der Waals surface area contributed by atoms with Crippen LogP contribution in [0.3, 0.4) is 0 Å². The fraction of sp³-hybridized carbons (Fsp3) is 0.333. The zero-order valence-electron chi connectivity index (χ0n) is 16.2. The molecule has 2 N–H and O–H groups in total. The second-order valence-corrected chi connectivity index (χ2v) is 7.40. The summed E-state index contributed by atoms with van der Waals surface area (Å²) in [6.45, 7) is 6.48. The van der Waals surface area contributed by atoms with Gasteiger partial charge in [0.15, 0.2) is 18.1 Å². The molecule has 0 bridgehead atoms. The number of phenols is 1. The van der Waals surface area contributed by atoms with Gasteiger partial charge in [-0.15, -0.1) is 0 Å². The van der Waals surface area contributed by atoms with Crippen molar-refractivity contribution in [3.05, 3.63) is 51.1 Å². The maximum absolute atomic E-state index is 11.9. The first-order valence-electron chi connectivity index (χ1n) is 9.14. The number of hydrazone groups is 1. The Morgan fingerprint density at radius 1 is 1.25 bits per heavy atom. The molecule has 2 aromatic rings. The maximum atomic E-state index is 11.9. The lowest BCUT2D eigenvalue weighted by Gasteiger charge is -2.10. The lowest BCUT2D eigenvalue weighted by Crippen LogP contribution is -2.24. The Balaban J connectivity index is 1.87.